The first-order valence-electron chi connectivity index (χ1n) is 5.99. The zero-order valence-corrected chi connectivity index (χ0v) is 10.4. The fourth-order valence-corrected chi connectivity index (χ4v) is 1.53. The Morgan fingerprint density at radius 1 is 1.50 bits per heavy atom. The van der Waals surface area contributed by atoms with Crippen LogP contribution in [0, 0.1) is 17.8 Å². The van der Waals surface area contributed by atoms with Crippen LogP contribution in [0.1, 0.15) is 46.5 Å². The maximum Gasteiger partial charge on any atom is 0.324 e. The molecular weight excluding hydrogens is 202 g/mol. The molecule has 90 valence electrons. The predicted molar refractivity (Wildman–Crippen MR) is 63.6 cm³/mol. The average Bonchev–Trinajstić information content (AvgIpc) is 2.20. The first-order chi connectivity index (χ1) is 7.51. The summed E-state index contributed by atoms with van der Waals surface area (Å²) in [6.07, 6.45) is 3.55. The monoisotopic (exact) mass is 223 g/mol. The Morgan fingerprint density at radius 3 is 2.50 bits per heavy atom. The smallest absolute Gasteiger partial charge is 0.324 e. The second-order valence-electron chi connectivity index (χ2n) is 4.69. The van der Waals surface area contributed by atoms with Crippen molar-refractivity contribution in [2.24, 2.45) is 11.7 Å². The van der Waals surface area contributed by atoms with Gasteiger partial charge in [-0.25, -0.2) is 0 Å². The molecule has 3 heteroatoms. The van der Waals surface area contributed by atoms with Gasteiger partial charge in [0.25, 0.3) is 0 Å². The Morgan fingerprint density at radius 2 is 2.12 bits per heavy atom. The van der Waals surface area contributed by atoms with E-state index in [0.29, 0.717) is 0 Å². The highest BCUT2D eigenvalue weighted by atomic mass is 16.6. The molecule has 1 aliphatic rings. The highest BCUT2D eigenvalue weighted by molar-refractivity contribution is 5.76. The van der Waals surface area contributed by atoms with Crippen LogP contribution in [0.2, 0.25) is 0 Å². The van der Waals surface area contributed by atoms with E-state index in [0.717, 1.165) is 25.7 Å². The van der Waals surface area contributed by atoms with Crippen LogP contribution >= 0.6 is 0 Å². The molecule has 1 rings (SSSR count). The summed E-state index contributed by atoms with van der Waals surface area (Å²) in [6.45, 7) is 5.81. The molecule has 1 aliphatic carbocycles. The normalized spacial score (nSPS) is 19.3. The molecule has 0 spiro atoms. The van der Waals surface area contributed by atoms with Crippen LogP contribution in [0.5, 0.6) is 0 Å². The molecule has 0 unspecified atom stereocenters. The van der Waals surface area contributed by atoms with Gasteiger partial charge in [0.15, 0.2) is 5.60 Å². The summed E-state index contributed by atoms with van der Waals surface area (Å²) in [5.41, 5.74) is 5.22. The second kappa shape index (κ2) is 5.36. The van der Waals surface area contributed by atoms with E-state index in [-0.39, 0.29) is 11.9 Å². The van der Waals surface area contributed by atoms with Gasteiger partial charge < -0.3 is 10.5 Å². The fraction of sp³-hybridized carbons (Fsp3) is 0.769. The van der Waals surface area contributed by atoms with Crippen LogP contribution in [-0.4, -0.2) is 17.6 Å². The van der Waals surface area contributed by atoms with Gasteiger partial charge >= 0.3 is 5.97 Å². The van der Waals surface area contributed by atoms with Crippen molar-refractivity contribution >= 4 is 5.97 Å². The minimum absolute atomic E-state index is 0.101. The molecule has 0 saturated heterocycles. The molecular formula is C13H21NO2. The highest BCUT2D eigenvalue weighted by Gasteiger charge is 2.40. The van der Waals surface area contributed by atoms with E-state index in [2.05, 4.69) is 11.8 Å². The Bertz CT molecular complexity index is 308. The van der Waals surface area contributed by atoms with Gasteiger partial charge in [-0.3, -0.25) is 4.79 Å². The van der Waals surface area contributed by atoms with Crippen molar-refractivity contribution < 1.29 is 9.53 Å². The van der Waals surface area contributed by atoms with E-state index in [4.69, 9.17) is 10.5 Å². The van der Waals surface area contributed by atoms with Crippen molar-refractivity contribution in [2.75, 3.05) is 0 Å². The van der Waals surface area contributed by atoms with Gasteiger partial charge in [-0.05, 0) is 25.2 Å². The summed E-state index contributed by atoms with van der Waals surface area (Å²) in [4.78, 5) is 11.7. The molecule has 0 amide bonds. The van der Waals surface area contributed by atoms with Crippen molar-refractivity contribution in [3.8, 4) is 11.8 Å². The third-order valence-corrected chi connectivity index (χ3v) is 2.94. The van der Waals surface area contributed by atoms with Crippen LogP contribution in [-0.2, 0) is 9.53 Å². The molecule has 16 heavy (non-hydrogen) atoms. The van der Waals surface area contributed by atoms with Gasteiger partial charge in [-0.1, -0.05) is 32.6 Å². The molecule has 0 aromatic rings. The zero-order chi connectivity index (χ0) is 12.2. The predicted octanol–water partition coefficient (Wildman–Crippen LogP) is 1.85. The van der Waals surface area contributed by atoms with Crippen LogP contribution < -0.4 is 5.73 Å². The molecule has 0 aromatic carbocycles. The van der Waals surface area contributed by atoms with Crippen molar-refractivity contribution in [2.45, 2.75) is 58.1 Å². The molecule has 1 fully saturated rings. The molecule has 0 heterocycles. The zero-order valence-electron chi connectivity index (χ0n) is 10.4. The molecule has 0 radical (unpaired) electrons. The lowest BCUT2D eigenvalue weighted by molar-refractivity contribution is -0.163. The van der Waals surface area contributed by atoms with Crippen molar-refractivity contribution in [1.29, 1.82) is 0 Å². The molecule has 0 bridgehead atoms. The maximum absolute atomic E-state index is 11.7. The Hall–Kier alpha value is -1.01. The molecule has 2 N–H and O–H groups in total. The topological polar surface area (TPSA) is 52.3 Å². The molecule has 0 aromatic heterocycles. The number of rotatable bonds is 3. The Balaban J connectivity index is 2.60. The average molecular weight is 223 g/mol. The summed E-state index contributed by atoms with van der Waals surface area (Å²) < 4.78 is 5.46. The lowest BCUT2D eigenvalue weighted by Gasteiger charge is -2.37. The summed E-state index contributed by atoms with van der Waals surface area (Å²) in [5.74, 6) is 5.84. The van der Waals surface area contributed by atoms with Crippen molar-refractivity contribution in [3.63, 3.8) is 0 Å². The maximum atomic E-state index is 11.7. The first kappa shape index (κ1) is 13.1. The number of carbonyl (C=O) groups is 1. The highest BCUT2D eigenvalue weighted by Crippen LogP contribution is 2.35. The number of carbonyl (C=O) groups excluding carboxylic acids is 1. The number of esters is 1. The minimum atomic E-state index is -0.541. The molecule has 3 nitrogen and oxygen atoms in total. The summed E-state index contributed by atoms with van der Waals surface area (Å²) >= 11 is 0. The molecule has 1 saturated carbocycles. The van der Waals surface area contributed by atoms with E-state index >= 15 is 0 Å². The van der Waals surface area contributed by atoms with Crippen LogP contribution in [0.3, 0.4) is 0 Å². The quantitative estimate of drug-likeness (QED) is 0.587. The Kier molecular flexibility index (Phi) is 4.37. The second-order valence-corrected chi connectivity index (χ2v) is 4.69. The number of ether oxygens (including phenoxy) is 1. The van der Waals surface area contributed by atoms with Gasteiger partial charge in [0, 0.05) is 6.42 Å². The number of hydrogen-bond donors (Lipinski definition) is 1. The van der Waals surface area contributed by atoms with E-state index in [1.165, 1.54) is 0 Å². The van der Waals surface area contributed by atoms with E-state index in [1.54, 1.807) is 0 Å². The molecule has 1 atom stereocenters. The SMILES string of the molecule is CCC#CC1(OC(=O)[C@@H](N)C(C)C)CCC1. The summed E-state index contributed by atoms with van der Waals surface area (Å²) in [6, 6.07) is -0.541. The number of nitrogens with two attached hydrogens (primary N) is 1. The summed E-state index contributed by atoms with van der Waals surface area (Å²) in [5, 5.41) is 0. The van der Waals surface area contributed by atoms with Crippen LogP contribution in [0.15, 0.2) is 0 Å². The van der Waals surface area contributed by atoms with Crippen molar-refractivity contribution in [1.82, 2.24) is 0 Å². The van der Waals surface area contributed by atoms with Crippen molar-refractivity contribution in [3.05, 3.63) is 0 Å². The van der Waals surface area contributed by atoms with E-state index in [1.807, 2.05) is 20.8 Å². The van der Waals surface area contributed by atoms with Gasteiger partial charge in [0.1, 0.15) is 6.04 Å². The minimum Gasteiger partial charge on any atom is -0.445 e. The largest absolute Gasteiger partial charge is 0.445 e. The van der Waals surface area contributed by atoms with E-state index in [9.17, 15) is 4.79 Å². The first-order valence-corrected chi connectivity index (χ1v) is 5.99. The van der Waals surface area contributed by atoms with Gasteiger partial charge in [0.2, 0.25) is 0 Å². The molecule has 0 aliphatic heterocycles. The Labute approximate surface area is 97.7 Å². The lowest BCUT2D eigenvalue weighted by Crippen LogP contribution is -2.46. The standard InChI is InChI=1S/C13H21NO2/c1-4-5-7-13(8-6-9-13)16-12(15)11(14)10(2)3/h10-11H,4,6,8-9,14H2,1-3H3/t11-/m0/s1. The van der Waals surface area contributed by atoms with Crippen LogP contribution in [0.25, 0.3) is 0 Å². The lowest BCUT2D eigenvalue weighted by atomic mass is 9.80. The third kappa shape index (κ3) is 2.99. The summed E-state index contributed by atoms with van der Waals surface area (Å²) in [7, 11) is 0. The fourth-order valence-electron chi connectivity index (χ4n) is 1.53. The van der Waals surface area contributed by atoms with Crippen LogP contribution in [0.4, 0.5) is 0 Å². The van der Waals surface area contributed by atoms with Gasteiger partial charge in [-0.15, -0.1) is 0 Å². The third-order valence-electron chi connectivity index (χ3n) is 2.94. The number of hydrogen-bond acceptors (Lipinski definition) is 3. The van der Waals surface area contributed by atoms with Gasteiger partial charge in [-0.2, -0.15) is 0 Å². The van der Waals surface area contributed by atoms with Gasteiger partial charge in [0.05, 0.1) is 0 Å². The van der Waals surface area contributed by atoms with E-state index < -0.39 is 11.6 Å².